The topological polar surface area (TPSA) is 62.2 Å². The van der Waals surface area contributed by atoms with Gasteiger partial charge in [-0.3, -0.25) is 9.19 Å². The molecule has 0 fully saturated rings. The van der Waals surface area contributed by atoms with Gasteiger partial charge < -0.3 is 10.4 Å². The predicted molar refractivity (Wildman–Crippen MR) is 95.3 cm³/mol. The molecule has 0 radical (unpaired) electrons. The molecule has 142 valence electrons. The van der Waals surface area contributed by atoms with Crippen LogP contribution in [0.25, 0.3) is 11.1 Å². The number of nitrogens with one attached hydrogen (secondary N) is 1. The molecule has 1 unspecified atom stereocenters. The number of pyridine rings is 1. The number of aromatic hydroxyl groups is 1. The lowest BCUT2D eigenvalue weighted by molar-refractivity contribution is -0.141. The number of hydrogen-bond acceptors (Lipinski definition) is 4. The summed E-state index contributed by atoms with van der Waals surface area (Å²) in [6.45, 7) is 6.22. The molecule has 1 aromatic heterocycles. The number of phenols is 1. The van der Waals surface area contributed by atoms with Crippen molar-refractivity contribution in [3.8, 4) is 16.9 Å². The van der Waals surface area contributed by atoms with E-state index in [2.05, 4.69) is 10.3 Å². The molecular formula is C18H21F3N2O2S. The Balaban J connectivity index is 2.50. The summed E-state index contributed by atoms with van der Waals surface area (Å²) >= 11 is 0. The summed E-state index contributed by atoms with van der Waals surface area (Å²) in [4.78, 5) is 3.90. The van der Waals surface area contributed by atoms with Crippen molar-refractivity contribution >= 4 is 10.8 Å². The maximum absolute atomic E-state index is 12.7. The highest BCUT2D eigenvalue weighted by atomic mass is 32.2. The molecular weight excluding hydrogens is 365 g/mol. The van der Waals surface area contributed by atoms with Gasteiger partial charge in [0.15, 0.2) is 0 Å². The first kappa shape index (κ1) is 20.4. The Morgan fingerprint density at radius 2 is 1.85 bits per heavy atom. The minimum absolute atomic E-state index is 0.0718. The van der Waals surface area contributed by atoms with Gasteiger partial charge in [0.1, 0.15) is 11.4 Å². The fourth-order valence-corrected chi connectivity index (χ4v) is 2.86. The summed E-state index contributed by atoms with van der Waals surface area (Å²) in [7, 11) is -1.31. The Morgan fingerprint density at radius 3 is 2.31 bits per heavy atom. The van der Waals surface area contributed by atoms with Crippen LogP contribution in [0.1, 0.15) is 32.0 Å². The van der Waals surface area contributed by atoms with Gasteiger partial charge in [-0.2, -0.15) is 13.2 Å². The van der Waals surface area contributed by atoms with E-state index < -0.39 is 22.7 Å². The van der Waals surface area contributed by atoms with Gasteiger partial charge in [0.25, 0.3) is 0 Å². The third-order valence-corrected chi connectivity index (χ3v) is 4.57. The van der Waals surface area contributed by atoms with Crippen LogP contribution in [0, 0.1) is 0 Å². The average Bonchev–Trinajstić information content (AvgIpc) is 2.52. The second-order valence-corrected chi connectivity index (χ2v) is 8.35. The number of halogens is 3. The number of hydrogen-bond donors (Lipinski definition) is 2. The first-order chi connectivity index (χ1) is 11.9. The molecule has 0 saturated heterocycles. The Kier molecular flexibility index (Phi) is 5.77. The number of phenolic OH excluding ortho intramolecular Hbond substituents is 1. The summed E-state index contributed by atoms with van der Waals surface area (Å²) in [6, 6.07) is 5.24. The van der Waals surface area contributed by atoms with E-state index in [1.165, 1.54) is 18.4 Å². The third-order valence-electron chi connectivity index (χ3n) is 3.67. The maximum Gasteiger partial charge on any atom is 0.433 e. The highest BCUT2D eigenvalue weighted by Crippen LogP contribution is 2.36. The van der Waals surface area contributed by atoms with Crippen LogP contribution in [0.15, 0.2) is 35.4 Å². The molecule has 0 bridgehead atoms. The molecule has 1 atom stereocenters. The monoisotopic (exact) mass is 386 g/mol. The summed E-state index contributed by atoms with van der Waals surface area (Å²) in [5.74, 6) is -0.0718. The Bertz CT molecular complexity index is 813. The van der Waals surface area contributed by atoms with Crippen molar-refractivity contribution in [3.63, 3.8) is 0 Å². The van der Waals surface area contributed by atoms with Gasteiger partial charge in [-0.25, -0.2) is 0 Å². The smallest absolute Gasteiger partial charge is 0.433 e. The molecule has 1 aromatic carbocycles. The first-order valence-electron chi connectivity index (χ1n) is 7.86. The molecule has 26 heavy (non-hydrogen) atoms. The van der Waals surface area contributed by atoms with Crippen LogP contribution in [0.5, 0.6) is 5.75 Å². The quantitative estimate of drug-likeness (QED) is 0.831. The summed E-state index contributed by atoms with van der Waals surface area (Å²) < 4.78 is 50.0. The van der Waals surface area contributed by atoms with Crippen molar-refractivity contribution in [2.45, 2.75) is 43.9 Å². The molecule has 0 aliphatic carbocycles. The van der Waals surface area contributed by atoms with Crippen LogP contribution >= 0.6 is 0 Å². The SMILES string of the molecule is CS(=O)c1cc(CNC(C)(C)C)c(O)c(-c2ccc(C(F)(F)F)nc2)c1. The van der Waals surface area contributed by atoms with Crippen LogP contribution in [0.4, 0.5) is 13.2 Å². The third kappa shape index (κ3) is 5.04. The zero-order chi connectivity index (χ0) is 19.7. The van der Waals surface area contributed by atoms with Gasteiger partial charge in [0, 0.05) is 56.9 Å². The first-order valence-corrected chi connectivity index (χ1v) is 9.42. The molecule has 0 saturated carbocycles. The average molecular weight is 386 g/mol. The maximum atomic E-state index is 12.7. The van der Waals surface area contributed by atoms with Crippen LogP contribution < -0.4 is 5.32 Å². The number of nitrogens with zero attached hydrogens (tertiary/aromatic N) is 1. The second kappa shape index (κ2) is 7.36. The zero-order valence-corrected chi connectivity index (χ0v) is 15.8. The summed E-state index contributed by atoms with van der Waals surface area (Å²) in [6.07, 6.45) is -1.97. The molecule has 4 nitrogen and oxygen atoms in total. The van der Waals surface area contributed by atoms with Crippen molar-refractivity contribution in [1.82, 2.24) is 10.3 Å². The Labute approximate surface area is 152 Å². The van der Waals surface area contributed by atoms with Gasteiger partial charge in [-0.05, 0) is 39.0 Å². The molecule has 0 amide bonds. The summed E-state index contributed by atoms with van der Waals surface area (Å²) in [5.41, 5.74) is -0.0817. The van der Waals surface area contributed by atoms with Crippen LogP contribution in [0.2, 0.25) is 0 Å². The van der Waals surface area contributed by atoms with Crippen molar-refractivity contribution < 1.29 is 22.5 Å². The van der Waals surface area contributed by atoms with Gasteiger partial charge in [0.05, 0.1) is 0 Å². The lowest BCUT2D eigenvalue weighted by Crippen LogP contribution is -2.35. The minimum atomic E-state index is -4.53. The molecule has 0 aliphatic rings. The van der Waals surface area contributed by atoms with E-state index in [1.54, 1.807) is 6.07 Å². The van der Waals surface area contributed by atoms with E-state index in [4.69, 9.17) is 0 Å². The fourth-order valence-electron chi connectivity index (χ4n) is 2.27. The number of benzene rings is 1. The van der Waals surface area contributed by atoms with E-state index >= 15 is 0 Å². The second-order valence-electron chi connectivity index (χ2n) is 6.97. The highest BCUT2D eigenvalue weighted by Gasteiger charge is 2.32. The van der Waals surface area contributed by atoms with Gasteiger partial charge in [-0.1, -0.05) is 6.07 Å². The predicted octanol–water partition coefficient (Wildman–Crippen LogP) is 4.10. The molecule has 2 N–H and O–H groups in total. The molecule has 0 aliphatic heterocycles. The lowest BCUT2D eigenvalue weighted by Gasteiger charge is -2.22. The number of aromatic nitrogens is 1. The lowest BCUT2D eigenvalue weighted by atomic mass is 10.0. The van der Waals surface area contributed by atoms with E-state index in [-0.39, 0.29) is 11.3 Å². The van der Waals surface area contributed by atoms with Gasteiger partial charge >= 0.3 is 6.18 Å². The van der Waals surface area contributed by atoms with Crippen molar-refractivity contribution in [2.24, 2.45) is 0 Å². The van der Waals surface area contributed by atoms with Crippen molar-refractivity contribution in [3.05, 3.63) is 41.7 Å². The number of alkyl halides is 3. The van der Waals surface area contributed by atoms with E-state index in [9.17, 15) is 22.5 Å². The molecule has 1 heterocycles. The Morgan fingerprint density at radius 1 is 1.19 bits per heavy atom. The Hall–Kier alpha value is -1.93. The van der Waals surface area contributed by atoms with Gasteiger partial charge in [0.2, 0.25) is 0 Å². The minimum Gasteiger partial charge on any atom is -0.507 e. The van der Waals surface area contributed by atoms with E-state index in [1.807, 2.05) is 20.8 Å². The molecule has 2 rings (SSSR count). The number of rotatable bonds is 4. The van der Waals surface area contributed by atoms with E-state index in [0.29, 0.717) is 28.1 Å². The van der Waals surface area contributed by atoms with E-state index in [0.717, 1.165) is 12.3 Å². The van der Waals surface area contributed by atoms with Crippen LogP contribution in [-0.4, -0.2) is 26.1 Å². The normalized spacial score (nSPS) is 13.7. The zero-order valence-electron chi connectivity index (χ0n) is 14.9. The standard InChI is InChI=1S/C18H21F3N2O2S/c1-17(2,3)23-10-12-7-13(26(4)25)8-14(16(12)24)11-5-6-15(22-9-11)18(19,20)21/h5-9,23-24H,10H2,1-4H3. The highest BCUT2D eigenvalue weighted by molar-refractivity contribution is 7.84. The van der Waals surface area contributed by atoms with Crippen molar-refractivity contribution in [1.29, 1.82) is 0 Å². The van der Waals surface area contributed by atoms with Crippen LogP contribution in [0.3, 0.4) is 0 Å². The van der Waals surface area contributed by atoms with Gasteiger partial charge in [-0.15, -0.1) is 0 Å². The molecule has 2 aromatic rings. The fraction of sp³-hybridized carbons (Fsp3) is 0.389. The van der Waals surface area contributed by atoms with Crippen molar-refractivity contribution in [2.75, 3.05) is 6.26 Å². The largest absolute Gasteiger partial charge is 0.507 e. The summed E-state index contributed by atoms with van der Waals surface area (Å²) in [5, 5.41) is 13.8. The molecule has 8 heteroatoms. The molecule has 0 spiro atoms. The van der Waals surface area contributed by atoms with Crippen LogP contribution in [-0.2, 0) is 23.5 Å².